The molecular formula is C25H27ClN4O4S. The normalized spacial score (nSPS) is 19.7. The highest BCUT2D eigenvalue weighted by Crippen LogP contribution is 2.46. The average molecular weight is 515 g/mol. The van der Waals surface area contributed by atoms with Crippen molar-refractivity contribution in [1.29, 1.82) is 0 Å². The number of amidine groups is 1. The Bertz CT molecular complexity index is 1150. The molecule has 3 heterocycles. The van der Waals surface area contributed by atoms with Crippen LogP contribution < -0.4 is 0 Å². The lowest BCUT2D eigenvalue weighted by Crippen LogP contribution is -2.50. The molecular weight excluding hydrogens is 488 g/mol. The number of nitrogens with zero attached hydrogens (tertiary/aromatic N) is 4. The summed E-state index contributed by atoms with van der Waals surface area (Å²) in [6, 6.07) is 6.75. The number of hydrogen-bond donors (Lipinski definition) is 0. The van der Waals surface area contributed by atoms with Crippen LogP contribution in [0.2, 0.25) is 5.02 Å². The molecule has 0 unspecified atom stereocenters. The van der Waals surface area contributed by atoms with Crippen molar-refractivity contribution in [1.82, 2.24) is 14.7 Å². The summed E-state index contributed by atoms with van der Waals surface area (Å²) in [6.45, 7) is 9.03. The third-order valence-corrected chi connectivity index (χ3v) is 7.40. The lowest BCUT2D eigenvalue weighted by molar-refractivity contribution is -0.138. The Hall–Kier alpha value is -3.04. The topological polar surface area (TPSA) is 82.5 Å². The molecule has 1 atom stereocenters. The Morgan fingerprint density at radius 2 is 1.89 bits per heavy atom. The molecule has 8 nitrogen and oxygen atoms in total. The van der Waals surface area contributed by atoms with Gasteiger partial charge in [0.2, 0.25) is 11.8 Å². The van der Waals surface area contributed by atoms with Gasteiger partial charge in [0.05, 0.1) is 23.7 Å². The Labute approximate surface area is 213 Å². The Kier molecular flexibility index (Phi) is 7.66. The molecule has 4 rings (SSSR count). The predicted molar refractivity (Wildman–Crippen MR) is 136 cm³/mol. The van der Waals surface area contributed by atoms with Gasteiger partial charge in [-0.1, -0.05) is 54.2 Å². The SMILES string of the molecule is C=CCOC(=O)C1=C(C)N=C2SC=C(CC(=O)N3CCN(C(C)=O)CC3)N2[C@H]1c1ccccc1Cl. The van der Waals surface area contributed by atoms with Gasteiger partial charge in [0.25, 0.3) is 0 Å². The molecule has 10 heteroatoms. The van der Waals surface area contributed by atoms with Crippen molar-refractivity contribution in [2.45, 2.75) is 26.3 Å². The summed E-state index contributed by atoms with van der Waals surface area (Å²) in [5, 5.41) is 3.08. The molecule has 2 amide bonds. The van der Waals surface area contributed by atoms with Crippen molar-refractivity contribution in [3.05, 3.63) is 69.9 Å². The Balaban J connectivity index is 1.62. The molecule has 0 aliphatic carbocycles. The van der Waals surface area contributed by atoms with Crippen LogP contribution in [0.3, 0.4) is 0 Å². The molecule has 0 radical (unpaired) electrons. The van der Waals surface area contributed by atoms with Crippen molar-refractivity contribution in [2.75, 3.05) is 32.8 Å². The highest BCUT2D eigenvalue weighted by Gasteiger charge is 2.42. The first kappa shape index (κ1) is 25.1. The number of carbonyl (C=O) groups excluding carboxylic acids is 3. The molecule has 35 heavy (non-hydrogen) atoms. The molecule has 1 fully saturated rings. The minimum atomic E-state index is -0.586. The molecule has 0 saturated carbocycles. The van der Waals surface area contributed by atoms with Crippen molar-refractivity contribution < 1.29 is 19.1 Å². The second kappa shape index (κ2) is 10.7. The number of piperazine rings is 1. The summed E-state index contributed by atoms with van der Waals surface area (Å²) in [4.78, 5) is 48.0. The summed E-state index contributed by atoms with van der Waals surface area (Å²) < 4.78 is 5.39. The van der Waals surface area contributed by atoms with E-state index in [0.717, 1.165) is 11.3 Å². The zero-order valence-corrected chi connectivity index (χ0v) is 21.3. The van der Waals surface area contributed by atoms with Gasteiger partial charge >= 0.3 is 5.97 Å². The van der Waals surface area contributed by atoms with E-state index in [1.165, 1.54) is 24.8 Å². The van der Waals surface area contributed by atoms with Crippen molar-refractivity contribution in [3.63, 3.8) is 0 Å². The van der Waals surface area contributed by atoms with E-state index in [1.807, 2.05) is 28.5 Å². The number of aliphatic imine (C=N–C) groups is 1. The average Bonchev–Trinajstić information content (AvgIpc) is 3.24. The maximum absolute atomic E-state index is 13.2. The van der Waals surface area contributed by atoms with E-state index in [2.05, 4.69) is 11.6 Å². The van der Waals surface area contributed by atoms with E-state index in [9.17, 15) is 14.4 Å². The van der Waals surface area contributed by atoms with Crippen LogP contribution in [0.5, 0.6) is 0 Å². The molecule has 0 N–H and O–H groups in total. The van der Waals surface area contributed by atoms with Gasteiger partial charge in [-0.05, 0) is 24.0 Å². The fraction of sp³-hybridized carbons (Fsp3) is 0.360. The van der Waals surface area contributed by atoms with Gasteiger partial charge in [-0.25, -0.2) is 9.79 Å². The molecule has 1 aromatic carbocycles. The first-order valence-electron chi connectivity index (χ1n) is 11.3. The van der Waals surface area contributed by atoms with Crippen molar-refractivity contribution >= 4 is 46.3 Å². The lowest BCUT2D eigenvalue weighted by Gasteiger charge is -2.38. The number of carbonyl (C=O) groups is 3. The summed E-state index contributed by atoms with van der Waals surface area (Å²) in [5.41, 5.74) is 2.38. The molecule has 3 aliphatic heterocycles. The third kappa shape index (κ3) is 5.16. The first-order valence-corrected chi connectivity index (χ1v) is 12.6. The number of esters is 1. The molecule has 0 aromatic heterocycles. The maximum Gasteiger partial charge on any atom is 0.338 e. The van der Waals surface area contributed by atoms with E-state index in [-0.39, 0.29) is 24.8 Å². The number of amides is 2. The number of thioether (sulfide) groups is 1. The van der Waals surface area contributed by atoms with E-state index < -0.39 is 12.0 Å². The van der Waals surface area contributed by atoms with E-state index in [0.29, 0.717) is 47.6 Å². The van der Waals surface area contributed by atoms with Gasteiger partial charge in [0.15, 0.2) is 5.17 Å². The lowest BCUT2D eigenvalue weighted by atomic mass is 9.93. The van der Waals surface area contributed by atoms with Gasteiger partial charge < -0.3 is 19.4 Å². The van der Waals surface area contributed by atoms with Crippen LogP contribution >= 0.6 is 23.4 Å². The fourth-order valence-corrected chi connectivity index (χ4v) is 5.58. The molecule has 0 bridgehead atoms. The monoisotopic (exact) mass is 514 g/mol. The van der Waals surface area contributed by atoms with Crippen LogP contribution in [0.25, 0.3) is 0 Å². The summed E-state index contributed by atoms with van der Waals surface area (Å²) in [5.74, 6) is -0.527. The highest BCUT2D eigenvalue weighted by atomic mass is 35.5. The number of hydrogen-bond acceptors (Lipinski definition) is 7. The molecule has 3 aliphatic rings. The number of rotatable bonds is 6. The van der Waals surface area contributed by atoms with E-state index in [4.69, 9.17) is 16.3 Å². The van der Waals surface area contributed by atoms with Crippen LogP contribution in [0.15, 0.2) is 64.3 Å². The van der Waals surface area contributed by atoms with Gasteiger partial charge in [-0.15, -0.1) is 0 Å². The largest absolute Gasteiger partial charge is 0.458 e. The molecule has 1 saturated heterocycles. The summed E-state index contributed by atoms with van der Waals surface area (Å²) >= 11 is 8.01. The number of allylic oxidation sites excluding steroid dienone is 1. The van der Waals surface area contributed by atoms with Gasteiger partial charge in [0, 0.05) is 43.8 Å². The van der Waals surface area contributed by atoms with Crippen LogP contribution in [-0.2, 0) is 19.1 Å². The zero-order chi connectivity index (χ0) is 25.1. The predicted octanol–water partition coefficient (Wildman–Crippen LogP) is 3.72. The Morgan fingerprint density at radius 1 is 1.20 bits per heavy atom. The standard InChI is InChI=1S/C25H27ClN4O4S/c1-4-13-34-24(33)22-16(2)27-25-30(23(22)19-7-5-6-8-20(19)26)18(15-35-25)14-21(32)29-11-9-28(10-12-29)17(3)31/h4-8,15,23H,1,9-14H2,2-3H3/t23-/m0/s1. The maximum atomic E-state index is 13.2. The quantitative estimate of drug-likeness (QED) is 0.425. The number of ether oxygens (including phenoxy) is 1. The second-order valence-corrected chi connectivity index (χ2v) is 9.61. The van der Waals surface area contributed by atoms with E-state index in [1.54, 1.807) is 22.8 Å². The van der Waals surface area contributed by atoms with Crippen LogP contribution in [0.4, 0.5) is 0 Å². The van der Waals surface area contributed by atoms with E-state index >= 15 is 0 Å². The van der Waals surface area contributed by atoms with Gasteiger partial charge in [-0.2, -0.15) is 0 Å². The van der Waals surface area contributed by atoms with Gasteiger partial charge in [-0.3, -0.25) is 9.59 Å². The van der Waals surface area contributed by atoms with Crippen LogP contribution in [0.1, 0.15) is 31.9 Å². The van der Waals surface area contributed by atoms with Crippen LogP contribution in [0, 0.1) is 0 Å². The fourth-order valence-electron chi connectivity index (χ4n) is 4.37. The second-order valence-electron chi connectivity index (χ2n) is 8.37. The molecule has 1 aromatic rings. The summed E-state index contributed by atoms with van der Waals surface area (Å²) in [6.07, 6.45) is 1.65. The number of halogens is 1. The number of fused-ring (bicyclic) bond motifs is 1. The minimum Gasteiger partial charge on any atom is -0.458 e. The number of benzene rings is 1. The van der Waals surface area contributed by atoms with Gasteiger partial charge in [0.1, 0.15) is 6.61 Å². The third-order valence-electron chi connectivity index (χ3n) is 6.16. The highest BCUT2D eigenvalue weighted by molar-refractivity contribution is 8.16. The summed E-state index contributed by atoms with van der Waals surface area (Å²) in [7, 11) is 0. The molecule has 184 valence electrons. The molecule has 0 spiro atoms. The van der Waals surface area contributed by atoms with Crippen molar-refractivity contribution in [3.8, 4) is 0 Å². The zero-order valence-electron chi connectivity index (χ0n) is 19.7. The van der Waals surface area contributed by atoms with Crippen molar-refractivity contribution in [2.24, 2.45) is 4.99 Å². The first-order chi connectivity index (χ1) is 16.8. The van der Waals surface area contributed by atoms with Crippen LogP contribution in [-0.4, -0.2) is 70.4 Å². The smallest absolute Gasteiger partial charge is 0.338 e. The Morgan fingerprint density at radius 3 is 2.54 bits per heavy atom. The minimum absolute atomic E-state index is 0.0155.